The summed E-state index contributed by atoms with van der Waals surface area (Å²) in [6.07, 6.45) is 3.04. The minimum Gasteiger partial charge on any atom is -0.496 e. The second kappa shape index (κ2) is 4.87. The quantitative estimate of drug-likeness (QED) is 0.838. The summed E-state index contributed by atoms with van der Waals surface area (Å²) >= 11 is 0. The Kier molecular flexibility index (Phi) is 3.28. The first-order valence-electron chi connectivity index (χ1n) is 5.52. The van der Waals surface area contributed by atoms with Crippen LogP contribution in [0.2, 0.25) is 0 Å². The number of pyridine rings is 1. The topological polar surface area (TPSA) is 65.2 Å². The summed E-state index contributed by atoms with van der Waals surface area (Å²) < 4.78 is 5.16. The molecule has 0 atom stereocenters. The molecule has 2 aromatic rings. The molecule has 0 saturated heterocycles. The minimum atomic E-state index is -0.133. The fourth-order valence-corrected chi connectivity index (χ4v) is 1.77. The van der Waals surface area contributed by atoms with Crippen molar-refractivity contribution < 1.29 is 9.53 Å². The van der Waals surface area contributed by atoms with Gasteiger partial charge in [-0.25, -0.2) is 0 Å². The van der Waals surface area contributed by atoms with E-state index in [-0.39, 0.29) is 5.78 Å². The average molecular weight is 242 g/mol. The van der Waals surface area contributed by atoms with Crippen molar-refractivity contribution in [2.45, 2.75) is 6.92 Å². The Labute approximate surface area is 105 Å². The molecule has 1 aromatic carbocycles. The Morgan fingerprint density at radius 3 is 2.72 bits per heavy atom. The average Bonchev–Trinajstić information content (AvgIpc) is 2.38. The number of carbonyl (C=O) groups is 1. The van der Waals surface area contributed by atoms with Gasteiger partial charge in [-0.05, 0) is 36.8 Å². The van der Waals surface area contributed by atoms with E-state index < -0.39 is 0 Å². The second-order valence-electron chi connectivity index (χ2n) is 3.98. The molecule has 0 saturated carbocycles. The number of nitrogens with two attached hydrogens (primary N) is 1. The Bertz CT molecular complexity index is 594. The van der Waals surface area contributed by atoms with Crippen LogP contribution in [0.4, 0.5) is 5.69 Å². The van der Waals surface area contributed by atoms with E-state index in [1.54, 1.807) is 37.6 Å². The lowest BCUT2D eigenvalue weighted by Gasteiger charge is -2.07. The van der Waals surface area contributed by atoms with Crippen molar-refractivity contribution in [1.29, 1.82) is 0 Å². The molecule has 0 radical (unpaired) electrons. The molecule has 4 heteroatoms. The lowest BCUT2D eigenvalue weighted by Crippen LogP contribution is -2.06. The maximum atomic E-state index is 12.3. The highest BCUT2D eigenvalue weighted by atomic mass is 16.5. The van der Waals surface area contributed by atoms with Gasteiger partial charge in [0.15, 0.2) is 5.78 Å². The predicted octanol–water partition coefficient (Wildman–Crippen LogP) is 2.21. The molecule has 0 aliphatic carbocycles. The Morgan fingerprint density at radius 2 is 2.11 bits per heavy atom. The molecule has 0 aliphatic heterocycles. The number of anilines is 1. The number of rotatable bonds is 3. The van der Waals surface area contributed by atoms with Gasteiger partial charge in [0.1, 0.15) is 5.75 Å². The number of nitrogens with zero attached hydrogens (tertiary/aromatic N) is 1. The van der Waals surface area contributed by atoms with Crippen LogP contribution in [0.15, 0.2) is 36.7 Å². The molecule has 0 bridgehead atoms. The molecule has 1 heterocycles. The van der Waals surface area contributed by atoms with Gasteiger partial charge in [0.05, 0.1) is 12.7 Å². The van der Waals surface area contributed by atoms with Crippen LogP contribution in [-0.2, 0) is 0 Å². The Morgan fingerprint density at radius 1 is 1.33 bits per heavy atom. The van der Waals surface area contributed by atoms with Crippen molar-refractivity contribution in [2.24, 2.45) is 0 Å². The third-order valence-electron chi connectivity index (χ3n) is 2.76. The van der Waals surface area contributed by atoms with Crippen molar-refractivity contribution >= 4 is 11.5 Å². The van der Waals surface area contributed by atoms with Gasteiger partial charge in [-0.3, -0.25) is 9.78 Å². The molecule has 0 fully saturated rings. The summed E-state index contributed by atoms with van der Waals surface area (Å²) in [4.78, 5) is 16.2. The SMILES string of the molecule is COc1ccc(C(=O)c2cnccc2N)cc1C. The van der Waals surface area contributed by atoms with E-state index in [9.17, 15) is 4.79 Å². The standard InChI is InChI=1S/C14H14N2O2/c1-9-7-10(3-4-13(9)18-2)14(17)11-8-16-6-5-12(11)15/h3-8H,1-2H3,(H2,15,16). The van der Waals surface area contributed by atoms with E-state index >= 15 is 0 Å². The Hall–Kier alpha value is -2.36. The molecule has 0 aliphatic rings. The number of benzene rings is 1. The van der Waals surface area contributed by atoms with Crippen LogP contribution in [0, 0.1) is 6.92 Å². The molecule has 0 amide bonds. The Balaban J connectivity index is 2.41. The van der Waals surface area contributed by atoms with E-state index in [0.717, 1.165) is 11.3 Å². The molecule has 0 unspecified atom stereocenters. The van der Waals surface area contributed by atoms with Gasteiger partial charge < -0.3 is 10.5 Å². The summed E-state index contributed by atoms with van der Waals surface area (Å²) in [5, 5.41) is 0. The third-order valence-corrected chi connectivity index (χ3v) is 2.76. The molecule has 92 valence electrons. The normalized spacial score (nSPS) is 10.1. The fraction of sp³-hybridized carbons (Fsp3) is 0.143. The monoisotopic (exact) mass is 242 g/mol. The summed E-state index contributed by atoms with van der Waals surface area (Å²) in [5.74, 6) is 0.622. The van der Waals surface area contributed by atoms with Crippen LogP contribution in [0.3, 0.4) is 0 Å². The number of aryl methyl sites for hydroxylation is 1. The molecule has 2 N–H and O–H groups in total. The highest BCUT2D eigenvalue weighted by molar-refractivity contribution is 6.11. The first kappa shape index (κ1) is 12.1. The van der Waals surface area contributed by atoms with Crippen LogP contribution >= 0.6 is 0 Å². The van der Waals surface area contributed by atoms with Crippen LogP contribution < -0.4 is 10.5 Å². The molecule has 1 aromatic heterocycles. The van der Waals surface area contributed by atoms with Crippen LogP contribution in [0.25, 0.3) is 0 Å². The number of carbonyl (C=O) groups excluding carboxylic acids is 1. The fourth-order valence-electron chi connectivity index (χ4n) is 1.77. The zero-order chi connectivity index (χ0) is 13.1. The van der Waals surface area contributed by atoms with E-state index in [4.69, 9.17) is 10.5 Å². The molecular weight excluding hydrogens is 228 g/mol. The van der Waals surface area contributed by atoms with Crippen molar-refractivity contribution in [3.05, 3.63) is 53.3 Å². The van der Waals surface area contributed by atoms with Gasteiger partial charge in [-0.2, -0.15) is 0 Å². The highest BCUT2D eigenvalue weighted by Crippen LogP contribution is 2.21. The van der Waals surface area contributed by atoms with Gasteiger partial charge in [-0.15, -0.1) is 0 Å². The summed E-state index contributed by atoms with van der Waals surface area (Å²) in [7, 11) is 1.60. The summed E-state index contributed by atoms with van der Waals surface area (Å²) in [6.45, 7) is 1.89. The van der Waals surface area contributed by atoms with Gasteiger partial charge in [0.2, 0.25) is 0 Å². The van der Waals surface area contributed by atoms with E-state index in [1.165, 1.54) is 6.20 Å². The zero-order valence-electron chi connectivity index (χ0n) is 10.3. The van der Waals surface area contributed by atoms with Crippen LogP contribution in [0.1, 0.15) is 21.5 Å². The number of hydrogen-bond donors (Lipinski definition) is 1. The molecular formula is C14H14N2O2. The maximum absolute atomic E-state index is 12.3. The van der Waals surface area contributed by atoms with Crippen LogP contribution in [-0.4, -0.2) is 17.9 Å². The number of ketones is 1. The lowest BCUT2D eigenvalue weighted by molar-refractivity contribution is 0.103. The highest BCUT2D eigenvalue weighted by Gasteiger charge is 2.13. The van der Waals surface area contributed by atoms with Crippen molar-refractivity contribution in [3.63, 3.8) is 0 Å². The third kappa shape index (κ3) is 2.18. The number of methoxy groups -OCH3 is 1. The number of nitrogen functional groups attached to an aromatic ring is 1. The molecule has 2 rings (SSSR count). The first-order valence-corrected chi connectivity index (χ1v) is 5.52. The van der Waals surface area contributed by atoms with E-state index in [2.05, 4.69) is 4.98 Å². The van der Waals surface area contributed by atoms with Gasteiger partial charge in [-0.1, -0.05) is 0 Å². The van der Waals surface area contributed by atoms with Crippen molar-refractivity contribution in [1.82, 2.24) is 4.98 Å². The second-order valence-corrected chi connectivity index (χ2v) is 3.98. The molecule has 18 heavy (non-hydrogen) atoms. The number of aromatic nitrogens is 1. The van der Waals surface area contributed by atoms with Gasteiger partial charge >= 0.3 is 0 Å². The summed E-state index contributed by atoms with van der Waals surface area (Å²) in [6, 6.07) is 6.90. The maximum Gasteiger partial charge on any atom is 0.196 e. The summed E-state index contributed by atoms with van der Waals surface area (Å²) in [5.41, 5.74) is 8.10. The lowest BCUT2D eigenvalue weighted by atomic mass is 10.0. The zero-order valence-corrected chi connectivity index (χ0v) is 10.3. The molecule has 4 nitrogen and oxygen atoms in total. The van der Waals surface area contributed by atoms with Crippen molar-refractivity contribution in [3.8, 4) is 5.75 Å². The van der Waals surface area contributed by atoms with E-state index in [1.807, 2.05) is 6.92 Å². The smallest absolute Gasteiger partial charge is 0.196 e. The largest absolute Gasteiger partial charge is 0.496 e. The van der Waals surface area contributed by atoms with Crippen molar-refractivity contribution in [2.75, 3.05) is 12.8 Å². The first-order chi connectivity index (χ1) is 8.63. The number of ether oxygens (including phenoxy) is 1. The van der Waals surface area contributed by atoms with Crippen LogP contribution in [0.5, 0.6) is 5.75 Å². The van der Waals surface area contributed by atoms with Gasteiger partial charge in [0, 0.05) is 23.6 Å². The van der Waals surface area contributed by atoms with E-state index in [0.29, 0.717) is 16.8 Å². The predicted molar refractivity (Wildman–Crippen MR) is 69.8 cm³/mol. The number of hydrogen-bond acceptors (Lipinski definition) is 4. The molecule has 0 spiro atoms. The van der Waals surface area contributed by atoms with Gasteiger partial charge in [0.25, 0.3) is 0 Å². The minimum absolute atomic E-state index is 0.133.